The molecule has 0 bridgehead atoms. The van der Waals surface area contributed by atoms with Gasteiger partial charge in [0.25, 0.3) is 0 Å². The number of hydrogen-bond donors (Lipinski definition) is 1. The molecule has 0 amide bonds. The van der Waals surface area contributed by atoms with E-state index in [0.717, 1.165) is 12.8 Å². The second-order valence-corrected chi connectivity index (χ2v) is 5.54. The van der Waals surface area contributed by atoms with Crippen molar-refractivity contribution in [2.45, 2.75) is 51.6 Å². The van der Waals surface area contributed by atoms with Crippen LogP contribution in [0.5, 0.6) is 5.75 Å². The Balaban J connectivity index is 2.56. The van der Waals surface area contributed by atoms with Gasteiger partial charge in [0.05, 0.1) is 23.3 Å². The fourth-order valence-corrected chi connectivity index (χ4v) is 2.58. The first-order valence-corrected chi connectivity index (χ1v) is 7.56. The molecule has 0 aliphatic carbocycles. The van der Waals surface area contributed by atoms with E-state index in [2.05, 4.69) is 6.92 Å². The average Bonchev–Trinajstić information content (AvgIpc) is 2.40. The molecule has 19 heavy (non-hydrogen) atoms. The minimum absolute atomic E-state index is 0.479. The van der Waals surface area contributed by atoms with Crippen LogP contribution in [0.25, 0.3) is 0 Å². The number of aliphatic hydroxyl groups is 1. The molecule has 1 aromatic carbocycles. The standard InChI is InChI=1S/C15H22Cl2O2/c1-3-4-5-6-7-8-14(18)11-9-13(17)15(19-2)10-12(11)16/h9-10,14,18H,3-8H2,1-2H3. The Kier molecular flexibility index (Phi) is 7.59. The molecule has 0 saturated heterocycles. The number of hydrogen-bond acceptors (Lipinski definition) is 2. The van der Waals surface area contributed by atoms with Gasteiger partial charge in [-0.2, -0.15) is 0 Å². The normalized spacial score (nSPS) is 12.5. The lowest BCUT2D eigenvalue weighted by Gasteiger charge is -2.14. The predicted molar refractivity (Wildman–Crippen MR) is 81.3 cm³/mol. The number of benzene rings is 1. The van der Waals surface area contributed by atoms with Crippen LogP contribution >= 0.6 is 23.2 Å². The highest BCUT2D eigenvalue weighted by Gasteiger charge is 2.14. The highest BCUT2D eigenvalue weighted by molar-refractivity contribution is 6.34. The summed E-state index contributed by atoms with van der Waals surface area (Å²) in [5.41, 5.74) is 0.683. The van der Waals surface area contributed by atoms with Crippen molar-refractivity contribution in [3.8, 4) is 5.75 Å². The van der Waals surface area contributed by atoms with E-state index in [1.807, 2.05) is 0 Å². The lowest BCUT2D eigenvalue weighted by atomic mass is 10.0. The second-order valence-electron chi connectivity index (χ2n) is 4.73. The molecule has 1 N–H and O–H groups in total. The summed E-state index contributed by atoms with van der Waals surface area (Å²) in [6, 6.07) is 3.35. The van der Waals surface area contributed by atoms with Crippen LogP contribution in [0.15, 0.2) is 12.1 Å². The zero-order valence-corrected chi connectivity index (χ0v) is 13.1. The largest absolute Gasteiger partial charge is 0.495 e. The Morgan fingerprint density at radius 2 is 1.79 bits per heavy atom. The molecule has 1 atom stereocenters. The summed E-state index contributed by atoms with van der Waals surface area (Å²) in [5, 5.41) is 11.1. The summed E-state index contributed by atoms with van der Waals surface area (Å²) >= 11 is 12.2. The summed E-state index contributed by atoms with van der Waals surface area (Å²) in [7, 11) is 1.54. The Hall–Kier alpha value is -0.440. The smallest absolute Gasteiger partial charge is 0.138 e. The zero-order valence-electron chi connectivity index (χ0n) is 11.6. The molecule has 0 fully saturated rings. The van der Waals surface area contributed by atoms with Crippen LogP contribution in [0, 0.1) is 0 Å². The van der Waals surface area contributed by atoms with Crippen molar-refractivity contribution in [3.05, 3.63) is 27.7 Å². The number of methoxy groups -OCH3 is 1. The molecule has 0 radical (unpaired) electrons. The van der Waals surface area contributed by atoms with E-state index in [9.17, 15) is 5.11 Å². The van der Waals surface area contributed by atoms with Crippen LogP contribution < -0.4 is 4.74 Å². The molecule has 0 aliphatic rings. The molecule has 0 aromatic heterocycles. The maximum atomic E-state index is 10.2. The fraction of sp³-hybridized carbons (Fsp3) is 0.600. The maximum Gasteiger partial charge on any atom is 0.138 e. The van der Waals surface area contributed by atoms with Gasteiger partial charge in [0, 0.05) is 11.6 Å². The number of rotatable bonds is 8. The summed E-state index contributed by atoms with van der Waals surface area (Å²) in [6.07, 6.45) is 6.01. The number of halogens is 2. The third kappa shape index (κ3) is 5.21. The van der Waals surface area contributed by atoms with Gasteiger partial charge in [0.1, 0.15) is 5.75 Å². The van der Waals surface area contributed by atoms with Crippen molar-refractivity contribution in [2.75, 3.05) is 7.11 Å². The molecule has 0 heterocycles. The highest BCUT2D eigenvalue weighted by Crippen LogP contribution is 2.35. The molecule has 1 rings (SSSR count). The quantitative estimate of drug-likeness (QED) is 0.652. The third-order valence-corrected chi connectivity index (χ3v) is 3.83. The van der Waals surface area contributed by atoms with E-state index < -0.39 is 6.10 Å². The molecule has 0 spiro atoms. The first-order chi connectivity index (χ1) is 9.10. The molecule has 0 saturated carbocycles. The predicted octanol–water partition coefficient (Wildman–Crippen LogP) is 5.40. The van der Waals surface area contributed by atoms with Gasteiger partial charge in [-0.3, -0.25) is 0 Å². The van der Waals surface area contributed by atoms with Crippen molar-refractivity contribution in [1.82, 2.24) is 0 Å². The van der Waals surface area contributed by atoms with Crippen LogP contribution in [0.4, 0.5) is 0 Å². The van der Waals surface area contributed by atoms with Crippen molar-refractivity contribution < 1.29 is 9.84 Å². The van der Waals surface area contributed by atoms with Crippen molar-refractivity contribution >= 4 is 23.2 Å². The molecule has 0 aliphatic heterocycles. The van der Waals surface area contributed by atoms with Crippen molar-refractivity contribution in [1.29, 1.82) is 0 Å². The molecule has 2 nitrogen and oxygen atoms in total. The van der Waals surface area contributed by atoms with Gasteiger partial charge >= 0.3 is 0 Å². The SMILES string of the molecule is CCCCCCCC(O)c1cc(Cl)c(OC)cc1Cl. The van der Waals surface area contributed by atoms with Crippen molar-refractivity contribution in [3.63, 3.8) is 0 Å². The van der Waals surface area contributed by atoms with Crippen LogP contribution in [0.3, 0.4) is 0 Å². The van der Waals surface area contributed by atoms with E-state index in [0.29, 0.717) is 27.8 Å². The summed E-state index contributed by atoms with van der Waals surface area (Å²) in [6.45, 7) is 2.19. The van der Waals surface area contributed by atoms with E-state index >= 15 is 0 Å². The summed E-state index contributed by atoms with van der Waals surface area (Å²) < 4.78 is 5.09. The molecular weight excluding hydrogens is 283 g/mol. The summed E-state index contributed by atoms with van der Waals surface area (Å²) in [5.74, 6) is 0.533. The van der Waals surface area contributed by atoms with Gasteiger partial charge in [-0.15, -0.1) is 0 Å². The molecule has 1 aromatic rings. The first kappa shape index (κ1) is 16.6. The molecule has 1 unspecified atom stereocenters. The lowest BCUT2D eigenvalue weighted by Crippen LogP contribution is -1.99. The Bertz CT molecular complexity index is 394. The summed E-state index contributed by atoms with van der Waals surface area (Å²) in [4.78, 5) is 0. The van der Waals surface area contributed by atoms with E-state index in [1.54, 1.807) is 19.2 Å². The molecular formula is C15H22Cl2O2. The van der Waals surface area contributed by atoms with E-state index in [1.165, 1.54) is 19.3 Å². The fourth-order valence-electron chi connectivity index (χ4n) is 2.05. The van der Waals surface area contributed by atoms with Gasteiger partial charge in [-0.05, 0) is 12.5 Å². The zero-order chi connectivity index (χ0) is 14.3. The van der Waals surface area contributed by atoms with Gasteiger partial charge in [0.15, 0.2) is 0 Å². The Morgan fingerprint density at radius 1 is 1.11 bits per heavy atom. The van der Waals surface area contributed by atoms with Crippen LogP contribution in [0.2, 0.25) is 10.0 Å². The van der Waals surface area contributed by atoms with Gasteiger partial charge in [0.2, 0.25) is 0 Å². The van der Waals surface area contributed by atoms with Gasteiger partial charge in [-0.1, -0.05) is 62.2 Å². The average molecular weight is 305 g/mol. The van der Waals surface area contributed by atoms with Gasteiger partial charge in [-0.25, -0.2) is 0 Å². The first-order valence-electron chi connectivity index (χ1n) is 6.81. The Labute approximate surface area is 125 Å². The lowest BCUT2D eigenvalue weighted by molar-refractivity contribution is 0.163. The molecule has 108 valence electrons. The number of unbranched alkanes of at least 4 members (excludes halogenated alkanes) is 4. The minimum Gasteiger partial charge on any atom is -0.495 e. The minimum atomic E-state index is -0.558. The highest BCUT2D eigenvalue weighted by atomic mass is 35.5. The van der Waals surface area contributed by atoms with Crippen LogP contribution in [-0.2, 0) is 0 Å². The topological polar surface area (TPSA) is 29.5 Å². The molecule has 4 heteroatoms. The maximum absolute atomic E-state index is 10.2. The van der Waals surface area contributed by atoms with E-state index in [-0.39, 0.29) is 0 Å². The monoisotopic (exact) mass is 304 g/mol. The Morgan fingerprint density at radius 3 is 2.42 bits per heavy atom. The van der Waals surface area contributed by atoms with Crippen LogP contribution in [0.1, 0.15) is 57.1 Å². The number of aliphatic hydroxyl groups excluding tert-OH is 1. The van der Waals surface area contributed by atoms with Gasteiger partial charge < -0.3 is 9.84 Å². The third-order valence-electron chi connectivity index (χ3n) is 3.21. The van der Waals surface area contributed by atoms with Crippen LogP contribution in [-0.4, -0.2) is 12.2 Å². The second kappa shape index (κ2) is 8.68. The number of ether oxygens (including phenoxy) is 1. The van der Waals surface area contributed by atoms with E-state index in [4.69, 9.17) is 27.9 Å². The van der Waals surface area contributed by atoms with Crippen molar-refractivity contribution in [2.24, 2.45) is 0 Å².